The maximum atomic E-state index is 11.9. The van der Waals surface area contributed by atoms with Crippen LogP contribution in [0, 0.1) is 5.92 Å². The Morgan fingerprint density at radius 1 is 1.56 bits per heavy atom. The molecule has 0 saturated carbocycles. The summed E-state index contributed by atoms with van der Waals surface area (Å²) in [6.07, 6.45) is 4.55. The molecule has 0 aliphatic rings. The molecule has 1 rings (SSSR count). The smallest absolute Gasteiger partial charge is 0.242 e. The maximum absolute atomic E-state index is 11.9. The molecule has 0 aliphatic heterocycles. The van der Waals surface area contributed by atoms with Gasteiger partial charge in [-0.15, -0.1) is 11.6 Å². The van der Waals surface area contributed by atoms with Crippen LogP contribution >= 0.6 is 11.6 Å². The normalized spacial score (nSPS) is 12.7. The highest BCUT2D eigenvalue weighted by molar-refractivity contribution is 6.32. The molecule has 0 spiro atoms. The van der Waals surface area contributed by atoms with E-state index in [4.69, 9.17) is 11.6 Å². The van der Waals surface area contributed by atoms with Gasteiger partial charge in [-0.3, -0.25) is 13.9 Å². The molecule has 0 fully saturated rings. The van der Waals surface area contributed by atoms with Gasteiger partial charge in [0.15, 0.2) is 0 Å². The highest BCUT2D eigenvalue weighted by Gasteiger charge is 2.19. The van der Waals surface area contributed by atoms with Crippen LogP contribution in [0.3, 0.4) is 0 Å². The van der Waals surface area contributed by atoms with Crippen molar-refractivity contribution in [1.29, 1.82) is 0 Å². The Bertz CT molecular complexity index is 381. The molecule has 1 aromatic rings. The van der Waals surface area contributed by atoms with Gasteiger partial charge in [0.25, 0.3) is 0 Å². The van der Waals surface area contributed by atoms with Crippen LogP contribution in [-0.4, -0.2) is 27.7 Å². The van der Waals surface area contributed by atoms with E-state index in [0.717, 1.165) is 6.42 Å². The lowest BCUT2D eigenvalue weighted by Crippen LogP contribution is -2.27. The average molecular weight is 276 g/mol. The molecule has 1 atom stereocenters. The summed E-state index contributed by atoms with van der Waals surface area (Å²) in [5, 5.41) is 6.23. The number of alkyl halides is 2. The number of carbonyl (C=O) groups is 1. The van der Waals surface area contributed by atoms with E-state index in [1.54, 1.807) is 17.1 Å². The van der Waals surface area contributed by atoms with Crippen LogP contribution in [-0.2, 0) is 11.3 Å². The minimum Gasteiger partial charge on any atom is -0.322 e. The van der Waals surface area contributed by atoms with E-state index in [9.17, 15) is 9.18 Å². The maximum Gasteiger partial charge on any atom is 0.242 e. The summed E-state index contributed by atoms with van der Waals surface area (Å²) in [6, 6.07) is 0. The van der Waals surface area contributed by atoms with Gasteiger partial charge in [0, 0.05) is 12.7 Å². The number of unbranched alkanes of at least 4 members (excludes halogenated alkanes) is 1. The minimum atomic E-state index is -0.556. The van der Waals surface area contributed by atoms with Gasteiger partial charge in [0.2, 0.25) is 5.91 Å². The second-order valence-corrected chi connectivity index (χ2v) is 4.99. The first-order valence-corrected chi connectivity index (χ1v) is 6.51. The molecule has 6 heteroatoms. The molecule has 0 aromatic carbocycles. The molecule has 0 aliphatic carbocycles. The highest BCUT2D eigenvalue weighted by Crippen LogP contribution is 2.13. The molecule has 1 N–H and O–H groups in total. The van der Waals surface area contributed by atoms with Crippen LogP contribution in [0.1, 0.15) is 26.7 Å². The van der Waals surface area contributed by atoms with Gasteiger partial charge in [-0.25, -0.2) is 0 Å². The fraction of sp³-hybridized carbons (Fsp3) is 0.667. The number of nitrogens with one attached hydrogen (secondary N) is 1. The van der Waals surface area contributed by atoms with Crippen molar-refractivity contribution in [2.45, 2.75) is 38.6 Å². The fourth-order valence-corrected chi connectivity index (χ4v) is 1.49. The molecule has 1 aromatic heterocycles. The van der Waals surface area contributed by atoms with Crippen LogP contribution in [0.25, 0.3) is 0 Å². The summed E-state index contributed by atoms with van der Waals surface area (Å²) >= 11 is 5.94. The summed E-state index contributed by atoms with van der Waals surface area (Å²) in [4.78, 5) is 11.7. The van der Waals surface area contributed by atoms with E-state index >= 15 is 0 Å². The predicted molar refractivity (Wildman–Crippen MR) is 70.5 cm³/mol. The number of hydrogen-bond acceptors (Lipinski definition) is 2. The average Bonchev–Trinajstić information content (AvgIpc) is 2.76. The van der Waals surface area contributed by atoms with Gasteiger partial charge >= 0.3 is 0 Å². The number of rotatable bonds is 7. The van der Waals surface area contributed by atoms with Crippen LogP contribution < -0.4 is 5.32 Å². The van der Waals surface area contributed by atoms with Crippen molar-refractivity contribution in [2.24, 2.45) is 5.92 Å². The summed E-state index contributed by atoms with van der Waals surface area (Å²) < 4.78 is 13.6. The van der Waals surface area contributed by atoms with Crippen LogP contribution in [0.4, 0.5) is 10.1 Å². The van der Waals surface area contributed by atoms with Gasteiger partial charge in [-0.2, -0.15) is 5.10 Å². The van der Waals surface area contributed by atoms with E-state index < -0.39 is 5.38 Å². The van der Waals surface area contributed by atoms with Crippen LogP contribution in [0.2, 0.25) is 0 Å². The van der Waals surface area contributed by atoms with Gasteiger partial charge in [0.05, 0.1) is 18.6 Å². The van der Waals surface area contributed by atoms with Crippen LogP contribution in [0.15, 0.2) is 12.4 Å². The van der Waals surface area contributed by atoms with E-state index in [-0.39, 0.29) is 18.5 Å². The Kier molecular flexibility index (Phi) is 6.12. The van der Waals surface area contributed by atoms with E-state index in [2.05, 4.69) is 10.4 Å². The van der Waals surface area contributed by atoms with Gasteiger partial charge in [-0.1, -0.05) is 13.8 Å². The molecule has 1 heterocycles. The Labute approximate surface area is 112 Å². The Morgan fingerprint density at radius 2 is 2.28 bits per heavy atom. The molecule has 0 radical (unpaired) electrons. The van der Waals surface area contributed by atoms with Crippen LogP contribution in [0.5, 0.6) is 0 Å². The first-order valence-electron chi connectivity index (χ1n) is 6.08. The third-order valence-electron chi connectivity index (χ3n) is 2.51. The third-order valence-corrected chi connectivity index (χ3v) is 3.21. The van der Waals surface area contributed by atoms with Crippen molar-refractivity contribution < 1.29 is 9.18 Å². The Morgan fingerprint density at radius 3 is 2.89 bits per heavy atom. The summed E-state index contributed by atoms with van der Waals surface area (Å²) in [6.45, 7) is 4.11. The van der Waals surface area contributed by atoms with Crippen molar-refractivity contribution in [2.75, 3.05) is 12.0 Å². The number of halogens is 2. The quantitative estimate of drug-likeness (QED) is 0.614. The number of anilines is 1. The van der Waals surface area contributed by atoms with Crippen molar-refractivity contribution in [3.05, 3.63) is 12.4 Å². The van der Waals surface area contributed by atoms with Crippen molar-refractivity contribution in [3.8, 4) is 0 Å². The zero-order valence-electron chi connectivity index (χ0n) is 10.7. The molecule has 102 valence electrons. The predicted octanol–water partition coefficient (Wildman–Crippen LogP) is 2.83. The SMILES string of the molecule is CC(C)C(Cl)C(=O)Nc1cnn(CCCCF)c1. The van der Waals surface area contributed by atoms with E-state index in [0.29, 0.717) is 18.7 Å². The molecular weight excluding hydrogens is 257 g/mol. The van der Waals surface area contributed by atoms with Gasteiger partial charge in [0.1, 0.15) is 5.38 Å². The second kappa shape index (κ2) is 7.36. The van der Waals surface area contributed by atoms with E-state index in [1.807, 2.05) is 13.8 Å². The molecular formula is C12H19ClFN3O. The highest BCUT2D eigenvalue weighted by atomic mass is 35.5. The monoisotopic (exact) mass is 275 g/mol. The lowest BCUT2D eigenvalue weighted by Gasteiger charge is -2.11. The minimum absolute atomic E-state index is 0.0752. The van der Waals surface area contributed by atoms with Crippen molar-refractivity contribution in [1.82, 2.24) is 9.78 Å². The molecule has 4 nitrogen and oxygen atoms in total. The zero-order chi connectivity index (χ0) is 13.5. The Hall–Kier alpha value is -1.10. The standard InChI is InChI=1S/C12H19ClFN3O/c1-9(2)11(13)12(18)16-10-7-15-17(8-10)6-4-3-5-14/h7-9,11H,3-6H2,1-2H3,(H,16,18). The van der Waals surface area contributed by atoms with Crippen molar-refractivity contribution in [3.63, 3.8) is 0 Å². The summed E-state index contributed by atoms with van der Waals surface area (Å²) in [5.41, 5.74) is 0.617. The summed E-state index contributed by atoms with van der Waals surface area (Å²) in [7, 11) is 0. The Balaban J connectivity index is 2.46. The lowest BCUT2D eigenvalue weighted by molar-refractivity contribution is -0.116. The number of hydrogen-bond donors (Lipinski definition) is 1. The number of aryl methyl sites for hydroxylation is 1. The molecule has 1 unspecified atom stereocenters. The van der Waals surface area contributed by atoms with Crippen molar-refractivity contribution >= 4 is 23.2 Å². The van der Waals surface area contributed by atoms with Gasteiger partial charge in [-0.05, 0) is 18.8 Å². The molecule has 0 bridgehead atoms. The number of carbonyl (C=O) groups excluding carboxylic acids is 1. The van der Waals surface area contributed by atoms with E-state index in [1.165, 1.54) is 0 Å². The molecule has 1 amide bonds. The number of aromatic nitrogens is 2. The largest absolute Gasteiger partial charge is 0.322 e. The fourth-order valence-electron chi connectivity index (χ4n) is 1.43. The first-order chi connectivity index (χ1) is 8.54. The molecule has 18 heavy (non-hydrogen) atoms. The number of nitrogens with zero attached hydrogens (tertiary/aromatic N) is 2. The summed E-state index contributed by atoms with van der Waals surface area (Å²) in [5.74, 6) is -0.152. The zero-order valence-corrected chi connectivity index (χ0v) is 11.5. The third kappa shape index (κ3) is 4.64. The molecule has 0 saturated heterocycles. The number of amides is 1. The van der Waals surface area contributed by atoms with Gasteiger partial charge < -0.3 is 5.32 Å². The second-order valence-electron chi connectivity index (χ2n) is 4.52. The first kappa shape index (κ1) is 15.0. The lowest BCUT2D eigenvalue weighted by atomic mass is 10.1. The topological polar surface area (TPSA) is 46.9 Å².